The largest absolute Gasteiger partial charge is 0.495 e. The summed E-state index contributed by atoms with van der Waals surface area (Å²) >= 11 is 1.22. The third-order valence-corrected chi connectivity index (χ3v) is 4.90. The summed E-state index contributed by atoms with van der Waals surface area (Å²) in [4.78, 5) is 23.9. The van der Waals surface area contributed by atoms with Crippen molar-refractivity contribution in [2.45, 2.75) is 24.3 Å². The number of benzene rings is 2. The number of tetrazole rings is 1. The summed E-state index contributed by atoms with van der Waals surface area (Å²) in [7, 11) is 1.55. The number of ether oxygens (including phenoxy) is 1. The summed E-state index contributed by atoms with van der Waals surface area (Å²) in [6.45, 7) is 3.20. The second kappa shape index (κ2) is 9.20. The van der Waals surface area contributed by atoms with Crippen LogP contribution in [0.15, 0.2) is 53.7 Å². The van der Waals surface area contributed by atoms with Gasteiger partial charge in [-0.25, -0.2) is 0 Å². The van der Waals surface area contributed by atoms with Crippen LogP contribution in [0.5, 0.6) is 5.75 Å². The Morgan fingerprint density at radius 1 is 1.14 bits per heavy atom. The molecule has 0 saturated carbocycles. The van der Waals surface area contributed by atoms with Gasteiger partial charge >= 0.3 is 0 Å². The maximum atomic E-state index is 12.6. The van der Waals surface area contributed by atoms with Gasteiger partial charge in [0.25, 0.3) is 0 Å². The van der Waals surface area contributed by atoms with E-state index >= 15 is 0 Å². The first-order valence-electron chi connectivity index (χ1n) is 8.75. The quantitative estimate of drug-likeness (QED) is 0.574. The van der Waals surface area contributed by atoms with Crippen molar-refractivity contribution in [1.82, 2.24) is 20.2 Å². The third-order valence-electron chi connectivity index (χ3n) is 3.87. The minimum atomic E-state index is -0.469. The molecule has 9 nitrogen and oxygen atoms in total. The summed E-state index contributed by atoms with van der Waals surface area (Å²) < 4.78 is 6.78. The average Bonchev–Trinajstić information content (AvgIpc) is 3.16. The number of nitrogens with zero attached hydrogens (tertiary/aromatic N) is 4. The predicted molar refractivity (Wildman–Crippen MR) is 110 cm³/mol. The zero-order valence-electron chi connectivity index (χ0n) is 16.1. The van der Waals surface area contributed by atoms with Gasteiger partial charge in [-0.3, -0.25) is 9.59 Å². The Bertz CT molecular complexity index is 1020. The first-order chi connectivity index (χ1) is 14.0. The van der Waals surface area contributed by atoms with Crippen LogP contribution in [-0.2, 0) is 9.59 Å². The number of anilines is 2. The molecule has 10 heteroatoms. The Kier molecular flexibility index (Phi) is 6.45. The van der Waals surface area contributed by atoms with E-state index in [4.69, 9.17) is 4.74 Å². The maximum Gasteiger partial charge on any atom is 0.237 e. The van der Waals surface area contributed by atoms with Gasteiger partial charge in [0.05, 0.1) is 23.7 Å². The Morgan fingerprint density at radius 3 is 2.69 bits per heavy atom. The lowest BCUT2D eigenvalue weighted by Gasteiger charge is -2.14. The smallest absolute Gasteiger partial charge is 0.237 e. The lowest BCUT2D eigenvalue weighted by atomic mass is 10.3. The molecule has 2 aromatic carbocycles. The lowest BCUT2D eigenvalue weighted by Crippen LogP contribution is -2.23. The van der Waals surface area contributed by atoms with Crippen LogP contribution in [0.3, 0.4) is 0 Å². The van der Waals surface area contributed by atoms with Crippen molar-refractivity contribution >= 4 is 35.0 Å². The molecule has 0 unspecified atom stereocenters. The average molecular weight is 412 g/mol. The number of carbonyl (C=O) groups excluding carboxylic acids is 2. The molecule has 29 heavy (non-hydrogen) atoms. The van der Waals surface area contributed by atoms with Crippen LogP contribution in [0, 0.1) is 0 Å². The number of nitrogens with one attached hydrogen (secondary N) is 2. The SMILES string of the molecule is COc1ccccc1NC(=O)[C@H](C)Sc1nnnn1-c1cccc(NC(C)=O)c1. The Morgan fingerprint density at radius 2 is 1.93 bits per heavy atom. The van der Waals surface area contributed by atoms with Gasteiger partial charge in [0.2, 0.25) is 17.0 Å². The van der Waals surface area contributed by atoms with Crippen molar-refractivity contribution in [3.05, 3.63) is 48.5 Å². The lowest BCUT2D eigenvalue weighted by molar-refractivity contribution is -0.115. The van der Waals surface area contributed by atoms with E-state index in [2.05, 4.69) is 26.2 Å². The van der Waals surface area contributed by atoms with Crippen LogP contribution >= 0.6 is 11.8 Å². The van der Waals surface area contributed by atoms with Crippen LogP contribution in [0.4, 0.5) is 11.4 Å². The van der Waals surface area contributed by atoms with E-state index in [0.29, 0.717) is 28.0 Å². The summed E-state index contributed by atoms with van der Waals surface area (Å²) in [6.07, 6.45) is 0. The Labute approximate surface area is 171 Å². The highest BCUT2D eigenvalue weighted by atomic mass is 32.2. The van der Waals surface area contributed by atoms with Crippen molar-refractivity contribution in [2.75, 3.05) is 17.7 Å². The van der Waals surface area contributed by atoms with E-state index in [1.165, 1.54) is 23.4 Å². The maximum absolute atomic E-state index is 12.6. The zero-order valence-corrected chi connectivity index (χ0v) is 16.9. The topological polar surface area (TPSA) is 111 Å². The number of carbonyl (C=O) groups is 2. The zero-order chi connectivity index (χ0) is 20.8. The summed E-state index contributed by atoms with van der Waals surface area (Å²) in [6, 6.07) is 14.3. The highest BCUT2D eigenvalue weighted by Crippen LogP contribution is 2.27. The number of thioether (sulfide) groups is 1. The molecule has 2 N–H and O–H groups in total. The van der Waals surface area contributed by atoms with Gasteiger partial charge in [0, 0.05) is 12.6 Å². The molecule has 3 aromatic rings. The molecule has 0 aliphatic heterocycles. The van der Waals surface area contributed by atoms with E-state index < -0.39 is 5.25 Å². The number of rotatable bonds is 7. The van der Waals surface area contributed by atoms with E-state index in [0.717, 1.165) is 0 Å². The van der Waals surface area contributed by atoms with Crippen LogP contribution in [0.2, 0.25) is 0 Å². The van der Waals surface area contributed by atoms with Crippen molar-refractivity contribution in [3.8, 4) is 11.4 Å². The second-order valence-corrected chi connectivity index (χ2v) is 7.36. The van der Waals surface area contributed by atoms with Crippen LogP contribution in [0.1, 0.15) is 13.8 Å². The molecule has 150 valence electrons. The van der Waals surface area contributed by atoms with Gasteiger partial charge in [0.1, 0.15) is 5.75 Å². The molecule has 3 rings (SSSR count). The van der Waals surface area contributed by atoms with Crippen LogP contribution in [0.25, 0.3) is 5.69 Å². The van der Waals surface area contributed by atoms with Crippen LogP contribution < -0.4 is 15.4 Å². The second-order valence-electron chi connectivity index (χ2n) is 6.05. The predicted octanol–water partition coefficient (Wildman–Crippen LogP) is 2.75. The fourth-order valence-electron chi connectivity index (χ4n) is 2.53. The summed E-state index contributed by atoms with van der Waals surface area (Å²) in [5, 5.41) is 17.3. The molecule has 1 heterocycles. The first kappa shape index (κ1) is 20.3. The number of hydrogen-bond donors (Lipinski definition) is 2. The third kappa shape index (κ3) is 5.11. The molecular formula is C19H20N6O3S. The molecule has 0 saturated heterocycles. The van der Waals surface area contributed by atoms with Crippen molar-refractivity contribution in [2.24, 2.45) is 0 Å². The number of methoxy groups -OCH3 is 1. The monoisotopic (exact) mass is 412 g/mol. The first-order valence-corrected chi connectivity index (χ1v) is 9.63. The van der Waals surface area contributed by atoms with Gasteiger partial charge in [0.15, 0.2) is 0 Å². The molecule has 0 aliphatic rings. The van der Waals surface area contributed by atoms with E-state index in [1.54, 1.807) is 44.4 Å². The summed E-state index contributed by atoms with van der Waals surface area (Å²) in [5.74, 6) is 0.203. The number of aromatic nitrogens is 4. The van der Waals surface area contributed by atoms with E-state index in [-0.39, 0.29) is 11.8 Å². The molecule has 1 aromatic heterocycles. The fourth-order valence-corrected chi connectivity index (χ4v) is 3.33. The molecule has 0 bridgehead atoms. The van der Waals surface area contributed by atoms with Crippen molar-refractivity contribution < 1.29 is 14.3 Å². The van der Waals surface area contributed by atoms with E-state index in [9.17, 15) is 9.59 Å². The number of para-hydroxylation sites is 2. The van der Waals surface area contributed by atoms with Crippen molar-refractivity contribution in [3.63, 3.8) is 0 Å². The standard InChI is InChI=1S/C19H20N6O3S/c1-12(18(27)21-16-9-4-5-10-17(16)28-3)29-19-22-23-24-25(19)15-8-6-7-14(11-15)20-13(2)26/h4-12H,1-3H3,(H,20,26)(H,21,27)/t12-/m0/s1. The van der Waals surface area contributed by atoms with Crippen LogP contribution in [-0.4, -0.2) is 44.4 Å². The molecule has 0 aliphatic carbocycles. The minimum Gasteiger partial charge on any atom is -0.495 e. The normalized spacial score (nSPS) is 11.6. The highest BCUT2D eigenvalue weighted by Gasteiger charge is 2.20. The number of amides is 2. The van der Waals surface area contributed by atoms with Gasteiger partial charge in [-0.05, 0) is 47.7 Å². The van der Waals surface area contributed by atoms with Gasteiger partial charge in [-0.1, -0.05) is 30.0 Å². The summed E-state index contributed by atoms with van der Waals surface area (Å²) in [5.41, 5.74) is 1.89. The molecule has 0 fully saturated rings. The molecule has 1 atom stereocenters. The Hall–Kier alpha value is -3.40. The molecular weight excluding hydrogens is 392 g/mol. The minimum absolute atomic E-state index is 0.171. The fraction of sp³-hybridized carbons (Fsp3) is 0.211. The number of hydrogen-bond acceptors (Lipinski definition) is 7. The molecule has 0 radical (unpaired) electrons. The Balaban J connectivity index is 1.74. The highest BCUT2D eigenvalue weighted by molar-refractivity contribution is 8.00. The molecule has 2 amide bonds. The van der Waals surface area contributed by atoms with Gasteiger partial charge < -0.3 is 15.4 Å². The van der Waals surface area contributed by atoms with Crippen molar-refractivity contribution in [1.29, 1.82) is 0 Å². The van der Waals surface area contributed by atoms with E-state index in [1.807, 2.05) is 18.2 Å². The molecule has 0 spiro atoms. The van der Waals surface area contributed by atoms with Gasteiger partial charge in [-0.2, -0.15) is 4.68 Å². The van der Waals surface area contributed by atoms with Gasteiger partial charge in [-0.15, -0.1) is 5.10 Å².